The van der Waals surface area contributed by atoms with Crippen molar-refractivity contribution in [1.29, 1.82) is 0 Å². The van der Waals surface area contributed by atoms with Gasteiger partial charge in [0.25, 0.3) is 5.91 Å². The highest BCUT2D eigenvalue weighted by molar-refractivity contribution is 7.89. The Balaban J connectivity index is 1.41. The molecule has 2 heterocycles. The molecule has 0 spiro atoms. The average Bonchev–Trinajstić information content (AvgIpc) is 3.12. The van der Waals surface area contributed by atoms with Gasteiger partial charge in [0.1, 0.15) is 6.17 Å². The van der Waals surface area contributed by atoms with E-state index in [2.05, 4.69) is 5.32 Å². The third-order valence-electron chi connectivity index (χ3n) is 6.12. The molecule has 5 rings (SSSR count). The maximum Gasteiger partial charge on any atom is 0.256 e. The predicted octanol–water partition coefficient (Wildman–Crippen LogP) is 4.13. The maximum atomic E-state index is 13.2. The quantitative estimate of drug-likeness (QED) is 0.554. The number of fused-ring (bicyclic) bond motifs is 1. The Morgan fingerprint density at radius 2 is 1.62 bits per heavy atom. The number of rotatable bonds is 6. The van der Waals surface area contributed by atoms with Crippen LogP contribution in [-0.4, -0.2) is 49.8 Å². The first-order chi connectivity index (χ1) is 16.4. The van der Waals surface area contributed by atoms with Crippen LogP contribution in [0.5, 0.6) is 0 Å². The summed E-state index contributed by atoms with van der Waals surface area (Å²) in [5.41, 5.74) is 3.06. The van der Waals surface area contributed by atoms with Gasteiger partial charge in [0.05, 0.1) is 18.1 Å². The van der Waals surface area contributed by atoms with Crippen molar-refractivity contribution in [3.63, 3.8) is 0 Å². The van der Waals surface area contributed by atoms with Crippen molar-refractivity contribution in [3.05, 3.63) is 94.5 Å². The fourth-order valence-electron chi connectivity index (χ4n) is 4.32. The van der Waals surface area contributed by atoms with Gasteiger partial charge in [-0.05, 0) is 42.0 Å². The molecule has 0 aromatic heterocycles. The molecule has 2 aliphatic heterocycles. The van der Waals surface area contributed by atoms with Crippen molar-refractivity contribution in [2.75, 3.05) is 31.6 Å². The topological polar surface area (TPSA) is 79.0 Å². The molecule has 1 amide bonds. The molecule has 176 valence electrons. The summed E-state index contributed by atoms with van der Waals surface area (Å²) >= 11 is 6.37. The lowest BCUT2D eigenvalue weighted by atomic mass is 10.1. The number of anilines is 1. The number of benzene rings is 3. The summed E-state index contributed by atoms with van der Waals surface area (Å²) in [6, 6.07) is 21.6. The monoisotopic (exact) mass is 497 g/mol. The number of hydrogen-bond donors (Lipinski definition) is 1. The predicted molar refractivity (Wildman–Crippen MR) is 130 cm³/mol. The van der Waals surface area contributed by atoms with Crippen LogP contribution < -0.4 is 5.32 Å². The van der Waals surface area contributed by atoms with Gasteiger partial charge in [0.15, 0.2) is 0 Å². The van der Waals surface area contributed by atoms with Crippen LogP contribution in [0.1, 0.15) is 27.7 Å². The molecule has 2 aliphatic rings. The van der Waals surface area contributed by atoms with Crippen LogP contribution in [0.15, 0.2) is 77.7 Å². The van der Waals surface area contributed by atoms with E-state index in [0.29, 0.717) is 49.1 Å². The molecular formula is C25H24ClN3O4S. The summed E-state index contributed by atoms with van der Waals surface area (Å²) in [7, 11) is -3.57. The number of halogens is 1. The first kappa shape index (κ1) is 22.9. The summed E-state index contributed by atoms with van der Waals surface area (Å²) in [6.07, 6.45) is -0.415. The lowest BCUT2D eigenvalue weighted by Gasteiger charge is -2.28. The second kappa shape index (κ2) is 9.38. The molecule has 1 fully saturated rings. The molecule has 0 saturated carbocycles. The minimum absolute atomic E-state index is 0.0838. The van der Waals surface area contributed by atoms with Crippen LogP contribution in [0.4, 0.5) is 5.69 Å². The Morgan fingerprint density at radius 3 is 2.35 bits per heavy atom. The molecule has 1 saturated heterocycles. The van der Waals surface area contributed by atoms with E-state index in [9.17, 15) is 13.2 Å². The minimum Gasteiger partial charge on any atom is -0.379 e. The number of morpholine rings is 1. The van der Waals surface area contributed by atoms with Gasteiger partial charge < -0.3 is 15.0 Å². The van der Waals surface area contributed by atoms with Crippen LogP contribution in [0, 0.1) is 0 Å². The number of nitrogens with zero attached hydrogens (tertiary/aromatic N) is 2. The average molecular weight is 498 g/mol. The van der Waals surface area contributed by atoms with E-state index in [0.717, 1.165) is 11.1 Å². The number of ether oxygens (including phenoxy) is 1. The molecule has 7 nitrogen and oxygen atoms in total. The molecule has 1 atom stereocenters. The van der Waals surface area contributed by atoms with Gasteiger partial charge >= 0.3 is 0 Å². The third-order valence-corrected chi connectivity index (χ3v) is 8.40. The third kappa shape index (κ3) is 4.30. The van der Waals surface area contributed by atoms with Crippen molar-refractivity contribution >= 4 is 33.2 Å². The SMILES string of the molecule is O=C1c2ccccc2[C@H](Nc2ccc(S(=O)(=O)N3CCOCC3)cc2)N1Cc1ccccc1Cl. The fraction of sp³-hybridized carbons (Fsp3) is 0.240. The Hall–Kier alpha value is -2.91. The largest absolute Gasteiger partial charge is 0.379 e. The highest BCUT2D eigenvalue weighted by Gasteiger charge is 2.36. The van der Waals surface area contributed by atoms with Gasteiger partial charge in [-0.3, -0.25) is 4.79 Å². The molecule has 1 N–H and O–H groups in total. The number of carbonyl (C=O) groups excluding carboxylic acids is 1. The molecule has 0 unspecified atom stereocenters. The second-order valence-electron chi connectivity index (χ2n) is 8.20. The number of amides is 1. The Bertz CT molecular complexity index is 1310. The Kier molecular flexibility index (Phi) is 6.31. The zero-order valence-corrected chi connectivity index (χ0v) is 19.9. The van der Waals surface area contributed by atoms with Crippen LogP contribution in [0.3, 0.4) is 0 Å². The van der Waals surface area contributed by atoms with Crippen molar-refractivity contribution in [3.8, 4) is 0 Å². The molecule has 3 aromatic carbocycles. The highest BCUT2D eigenvalue weighted by Crippen LogP contribution is 2.36. The molecule has 0 radical (unpaired) electrons. The van der Waals surface area contributed by atoms with E-state index in [-0.39, 0.29) is 10.8 Å². The summed E-state index contributed by atoms with van der Waals surface area (Å²) in [4.78, 5) is 15.2. The van der Waals surface area contributed by atoms with E-state index < -0.39 is 16.2 Å². The highest BCUT2D eigenvalue weighted by atomic mass is 35.5. The molecule has 34 heavy (non-hydrogen) atoms. The van der Waals surface area contributed by atoms with E-state index in [1.165, 1.54) is 4.31 Å². The molecule has 0 aliphatic carbocycles. The van der Waals surface area contributed by atoms with Gasteiger partial charge in [-0.1, -0.05) is 48.0 Å². The van der Waals surface area contributed by atoms with Gasteiger partial charge in [-0.25, -0.2) is 8.42 Å². The number of hydrogen-bond acceptors (Lipinski definition) is 5. The normalized spacial score (nSPS) is 18.7. The summed E-state index contributed by atoms with van der Waals surface area (Å²) in [5, 5.41) is 4.01. The van der Waals surface area contributed by atoms with Gasteiger partial charge in [-0.15, -0.1) is 0 Å². The smallest absolute Gasteiger partial charge is 0.256 e. The summed E-state index contributed by atoms with van der Waals surface area (Å²) < 4.78 is 32.5. The Labute approximate surface area is 203 Å². The zero-order chi connectivity index (χ0) is 23.7. The van der Waals surface area contributed by atoms with E-state index in [1.54, 1.807) is 35.2 Å². The van der Waals surface area contributed by atoms with Crippen molar-refractivity contribution in [1.82, 2.24) is 9.21 Å². The number of nitrogens with one attached hydrogen (secondary N) is 1. The zero-order valence-electron chi connectivity index (χ0n) is 18.4. The lowest BCUT2D eigenvalue weighted by molar-refractivity contribution is 0.0728. The summed E-state index contributed by atoms with van der Waals surface area (Å²) in [5.74, 6) is -0.0838. The standard InChI is InChI=1S/C25H24ClN3O4S/c26-23-8-4-1-5-18(23)17-29-24(21-6-2-3-7-22(21)25(29)30)27-19-9-11-20(12-10-19)34(31,32)28-13-15-33-16-14-28/h1-12,24,27H,13-17H2/t24-/m1/s1. The van der Waals surface area contributed by atoms with Crippen LogP contribution >= 0.6 is 11.6 Å². The van der Waals surface area contributed by atoms with Gasteiger partial charge in [0.2, 0.25) is 10.0 Å². The van der Waals surface area contributed by atoms with E-state index >= 15 is 0 Å². The van der Waals surface area contributed by atoms with Crippen molar-refractivity contribution < 1.29 is 17.9 Å². The summed E-state index contributed by atoms with van der Waals surface area (Å²) in [6.45, 7) is 1.83. The molecule has 9 heteroatoms. The van der Waals surface area contributed by atoms with Crippen LogP contribution in [0.25, 0.3) is 0 Å². The Morgan fingerprint density at radius 1 is 0.941 bits per heavy atom. The fourth-order valence-corrected chi connectivity index (χ4v) is 5.92. The first-order valence-corrected chi connectivity index (χ1v) is 12.8. The van der Waals surface area contributed by atoms with Crippen LogP contribution in [-0.2, 0) is 21.3 Å². The maximum absolute atomic E-state index is 13.2. The van der Waals surface area contributed by atoms with Crippen molar-refractivity contribution in [2.45, 2.75) is 17.6 Å². The molecule has 3 aromatic rings. The van der Waals surface area contributed by atoms with Crippen LogP contribution in [0.2, 0.25) is 5.02 Å². The molecular weight excluding hydrogens is 474 g/mol. The van der Waals surface area contributed by atoms with Crippen molar-refractivity contribution in [2.24, 2.45) is 0 Å². The van der Waals surface area contributed by atoms with Gasteiger partial charge in [0, 0.05) is 41.5 Å². The number of sulfonamides is 1. The number of carbonyl (C=O) groups is 1. The van der Waals surface area contributed by atoms with Gasteiger partial charge in [-0.2, -0.15) is 4.31 Å². The van der Waals surface area contributed by atoms with E-state index in [1.807, 2.05) is 42.5 Å². The first-order valence-electron chi connectivity index (χ1n) is 11.0. The lowest BCUT2D eigenvalue weighted by Crippen LogP contribution is -2.40. The second-order valence-corrected chi connectivity index (χ2v) is 10.5. The van der Waals surface area contributed by atoms with E-state index in [4.69, 9.17) is 16.3 Å². The molecule has 0 bridgehead atoms. The minimum atomic E-state index is -3.57.